The summed E-state index contributed by atoms with van der Waals surface area (Å²) >= 11 is 6.41. The summed E-state index contributed by atoms with van der Waals surface area (Å²) in [6.45, 7) is 3.96. The Morgan fingerprint density at radius 2 is 2.03 bits per heavy atom. The summed E-state index contributed by atoms with van der Waals surface area (Å²) in [6, 6.07) is 7.40. The van der Waals surface area contributed by atoms with E-state index in [1.165, 1.54) is 23.1 Å². The van der Waals surface area contributed by atoms with Crippen molar-refractivity contribution in [3.05, 3.63) is 70.4 Å². The number of halogens is 2. The van der Waals surface area contributed by atoms with Gasteiger partial charge < -0.3 is 25.0 Å². The van der Waals surface area contributed by atoms with Gasteiger partial charge in [-0.05, 0) is 49.2 Å². The molecule has 0 bridgehead atoms. The van der Waals surface area contributed by atoms with Gasteiger partial charge in [-0.2, -0.15) is 0 Å². The minimum atomic E-state index is -0.494. The van der Waals surface area contributed by atoms with Crippen LogP contribution in [-0.4, -0.2) is 49.3 Å². The monoisotopic (exact) mass is 472 g/mol. The Hall–Kier alpha value is -2.94. The molecule has 1 aliphatic rings. The van der Waals surface area contributed by atoms with Crippen molar-refractivity contribution < 1.29 is 19.4 Å². The second-order valence-corrected chi connectivity index (χ2v) is 8.86. The molecule has 7 nitrogen and oxygen atoms in total. The lowest BCUT2D eigenvalue weighted by Gasteiger charge is -2.36. The number of hydrogen-bond acceptors (Lipinski definition) is 5. The van der Waals surface area contributed by atoms with Crippen LogP contribution in [0, 0.1) is 5.82 Å². The number of pyridine rings is 1. The molecule has 3 N–H and O–H groups in total. The summed E-state index contributed by atoms with van der Waals surface area (Å²) < 4.78 is 15.6. The number of hydrogen-bond donors (Lipinski definition) is 3. The molecule has 0 unspecified atom stereocenters. The Balaban J connectivity index is 1.68. The minimum absolute atomic E-state index is 0.0801. The van der Waals surface area contributed by atoms with Crippen LogP contribution in [0.5, 0.6) is 0 Å². The maximum Gasteiger partial charge on any atom is 0.271 e. The largest absolute Gasteiger partial charge is 0.394 e. The third kappa shape index (κ3) is 4.73. The molecular weight excluding hydrogens is 447 g/mol. The molecule has 0 saturated heterocycles. The van der Waals surface area contributed by atoms with Crippen molar-refractivity contribution in [1.29, 1.82) is 0 Å². The number of nitrogens with one attached hydrogen (secondary N) is 1. The highest BCUT2D eigenvalue weighted by Gasteiger charge is 2.33. The molecule has 0 radical (unpaired) electrons. The number of fused-ring (bicyclic) bond motifs is 1. The average Bonchev–Trinajstić information content (AvgIpc) is 3.21. The Labute approximate surface area is 196 Å². The first kappa shape index (κ1) is 23.2. The van der Waals surface area contributed by atoms with E-state index in [2.05, 4.69) is 10.3 Å². The zero-order valence-corrected chi connectivity index (χ0v) is 19.2. The quantitative estimate of drug-likeness (QED) is 0.488. The van der Waals surface area contributed by atoms with Gasteiger partial charge in [0.1, 0.15) is 17.3 Å². The normalized spacial score (nSPS) is 15.8. The van der Waals surface area contributed by atoms with E-state index < -0.39 is 11.9 Å². The first-order chi connectivity index (χ1) is 15.8. The maximum absolute atomic E-state index is 13.8. The number of aromatic nitrogens is 2. The van der Waals surface area contributed by atoms with Gasteiger partial charge >= 0.3 is 0 Å². The predicted molar refractivity (Wildman–Crippen MR) is 125 cm³/mol. The van der Waals surface area contributed by atoms with Crippen LogP contribution in [0.15, 0.2) is 42.7 Å². The fourth-order valence-corrected chi connectivity index (χ4v) is 4.31. The number of aliphatic hydroxyl groups is 2. The van der Waals surface area contributed by atoms with E-state index in [-0.39, 0.29) is 31.7 Å². The van der Waals surface area contributed by atoms with E-state index in [1.807, 2.05) is 26.1 Å². The van der Waals surface area contributed by atoms with Crippen LogP contribution in [0.25, 0.3) is 11.1 Å². The molecule has 2 aromatic heterocycles. The van der Waals surface area contributed by atoms with E-state index in [0.29, 0.717) is 34.2 Å². The van der Waals surface area contributed by atoms with Gasteiger partial charge in [-0.1, -0.05) is 17.7 Å². The summed E-state index contributed by atoms with van der Waals surface area (Å²) in [5.41, 5.74) is 2.99. The number of anilines is 1. The number of rotatable bonds is 7. The highest BCUT2D eigenvalue weighted by Crippen LogP contribution is 2.33. The van der Waals surface area contributed by atoms with Gasteiger partial charge in [0.05, 0.1) is 24.3 Å². The Morgan fingerprint density at radius 3 is 2.73 bits per heavy atom. The van der Waals surface area contributed by atoms with Gasteiger partial charge in [0, 0.05) is 42.7 Å². The van der Waals surface area contributed by atoms with Crippen molar-refractivity contribution >= 4 is 23.3 Å². The molecule has 0 spiro atoms. The number of amides is 1. The lowest BCUT2D eigenvalue weighted by Crippen LogP contribution is -2.49. The molecule has 0 saturated carbocycles. The van der Waals surface area contributed by atoms with Gasteiger partial charge in [-0.3, -0.25) is 4.79 Å². The average molecular weight is 473 g/mol. The van der Waals surface area contributed by atoms with Gasteiger partial charge in [-0.15, -0.1) is 0 Å². The number of carbonyl (C=O) groups excluding carboxylic acids is 1. The SMILES string of the molecule is CC(C)Nc1cc(-c2cc3n(c2)C[C@H](CO)N(Cc2cc(F)ccc2CO)C3=O)c(Cl)cn1. The zero-order chi connectivity index (χ0) is 23.7. The molecule has 1 amide bonds. The summed E-state index contributed by atoms with van der Waals surface area (Å²) in [5.74, 6) is -0.0567. The molecule has 1 atom stereocenters. The van der Waals surface area contributed by atoms with Crippen LogP contribution >= 0.6 is 11.6 Å². The van der Waals surface area contributed by atoms with E-state index in [0.717, 1.165) is 11.1 Å². The van der Waals surface area contributed by atoms with Crippen molar-refractivity contribution in [3.8, 4) is 11.1 Å². The first-order valence-electron chi connectivity index (χ1n) is 10.7. The fraction of sp³-hybridized carbons (Fsp3) is 0.333. The summed E-state index contributed by atoms with van der Waals surface area (Å²) in [4.78, 5) is 19.2. The number of aliphatic hydroxyl groups excluding tert-OH is 2. The molecule has 33 heavy (non-hydrogen) atoms. The van der Waals surface area contributed by atoms with E-state index in [1.54, 1.807) is 16.8 Å². The van der Waals surface area contributed by atoms with Crippen LogP contribution in [0.1, 0.15) is 35.5 Å². The fourth-order valence-electron chi connectivity index (χ4n) is 4.10. The maximum atomic E-state index is 13.8. The summed E-state index contributed by atoms with van der Waals surface area (Å²) in [5, 5.41) is 23.3. The number of nitrogens with zero attached hydrogens (tertiary/aromatic N) is 3. The third-order valence-corrected chi connectivity index (χ3v) is 6.02. The van der Waals surface area contributed by atoms with E-state index in [9.17, 15) is 19.4 Å². The molecule has 3 heterocycles. The summed E-state index contributed by atoms with van der Waals surface area (Å²) in [6.07, 6.45) is 3.41. The second kappa shape index (κ2) is 9.51. The van der Waals surface area contributed by atoms with Crippen LogP contribution in [0.2, 0.25) is 5.02 Å². The molecule has 1 aromatic carbocycles. The Morgan fingerprint density at radius 1 is 1.24 bits per heavy atom. The predicted octanol–water partition coefficient (Wildman–Crippen LogP) is 3.67. The highest BCUT2D eigenvalue weighted by molar-refractivity contribution is 6.33. The van der Waals surface area contributed by atoms with Gasteiger partial charge in [0.15, 0.2) is 0 Å². The van der Waals surface area contributed by atoms with Crippen molar-refractivity contribution in [1.82, 2.24) is 14.5 Å². The van der Waals surface area contributed by atoms with Crippen molar-refractivity contribution in [2.45, 2.75) is 45.6 Å². The van der Waals surface area contributed by atoms with Gasteiger partial charge in [0.2, 0.25) is 0 Å². The first-order valence-corrected chi connectivity index (χ1v) is 11.1. The lowest BCUT2D eigenvalue weighted by molar-refractivity contribution is 0.0459. The molecule has 1 aliphatic heterocycles. The Bertz CT molecular complexity index is 1180. The van der Waals surface area contributed by atoms with Crippen molar-refractivity contribution in [3.63, 3.8) is 0 Å². The molecule has 0 aliphatic carbocycles. The highest BCUT2D eigenvalue weighted by atomic mass is 35.5. The van der Waals surface area contributed by atoms with Crippen molar-refractivity contribution in [2.75, 3.05) is 11.9 Å². The molecule has 3 aromatic rings. The van der Waals surface area contributed by atoms with Crippen LogP contribution in [0.3, 0.4) is 0 Å². The van der Waals surface area contributed by atoms with Crippen molar-refractivity contribution in [2.24, 2.45) is 0 Å². The van der Waals surface area contributed by atoms with E-state index >= 15 is 0 Å². The van der Waals surface area contributed by atoms with Crippen LogP contribution in [-0.2, 0) is 19.7 Å². The number of benzene rings is 1. The van der Waals surface area contributed by atoms with Gasteiger partial charge in [0.25, 0.3) is 5.91 Å². The second-order valence-electron chi connectivity index (χ2n) is 8.46. The van der Waals surface area contributed by atoms with E-state index in [4.69, 9.17) is 11.6 Å². The standard InChI is InChI=1S/C24H26ClFN4O3/c1-14(2)28-23-7-20(21(25)8-27-23)17-6-22-24(33)30(19(13-32)11-29(22)9-17)10-16-5-18(26)4-3-15(16)12-31/h3-9,14,19,31-32H,10-13H2,1-2H3,(H,27,28)/t19-/m1/s1. The Kier molecular flexibility index (Phi) is 6.69. The molecule has 0 fully saturated rings. The smallest absolute Gasteiger partial charge is 0.271 e. The molecule has 9 heteroatoms. The third-order valence-electron chi connectivity index (χ3n) is 5.72. The van der Waals surface area contributed by atoms with Crippen LogP contribution in [0.4, 0.5) is 10.2 Å². The molecular formula is C24H26ClFN4O3. The minimum Gasteiger partial charge on any atom is -0.394 e. The summed E-state index contributed by atoms with van der Waals surface area (Å²) in [7, 11) is 0. The molecule has 4 rings (SSSR count). The molecule has 174 valence electrons. The lowest BCUT2D eigenvalue weighted by atomic mass is 10.0. The van der Waals surface area contributed by atoms with Crippen LogP contribution < -0.4 is 5.32 Å². The zero-order valence-electron chi connectivity index (χ0n) is 18.4. The number of carbonyl (C=O) groups is 1. The van der Waals surface area contributed by atoms with Gasteiger partial charge in [-0.25, -0.2) is 9.37 Å². The topological polar surface area (TPSA) is 90.6 Å².